The molecule has 14 heteroatoms. The van der Waals surface area contributed by atoms with Gasteiger partial charge in [-0.3, -0.25) is 14.7 Å². The van der Waals surface area contributed by atoms with Crippen LogP contribution in [0.3, 0.4) is 0 Å². The highest BCUT2D eigenvalue weighted by Crippen LogP contribution is 2.38. The molecule has 3 fully saturated rings. The Bertz CT molecular complexity index is 1470. The summed E-state index contributed by atoms with van der Waals surface area (Å²) in [5.41, 5.74) is 1.27. The van der Waals surface area contributed by atoms with Crippen LogP contribution >= 0.6 is 22.9 Å². The Morgan fingerprint density at radius 1 is 1.24 bits per heavy atom. The fraction of sp³-hybridized carbons (Fsp3) is 0.464. The number of carbonyl (C=O) groups excluding carboxylic acids is 2. The van der Waals surface area contributed by atoms with E-state index in [1.165, 1.54) is 36.6 Å². The van der Waals surface area contributed by atoms with Crippen LogP contribution in [0.2, 0.25) is 5.02 Å². The molecule has 4 heterocycles. The van der Waals surface area contributed by atoms with Gasteiger partial charge in [0.15, 0.2) is 10.8 Å². The van der Waals surface area contributed by atoms with E-state index in [0.29, 0.717) is 67.7 Å². The normalized spacial score (nSPS) is 26.3. The maximum absolute atomic E-state index is 13.9. The third kappa shape index (κ3) is 5.25. The number of carbonyl (C=O) groups is 3. The predicted molar refractivity (Wildman–Crippen MR) is 153 cm³/mol. The zero-order chi connectivity index (χ0) is 29.5. The number of aromatic nitrogens is 1. The van der Waals surface area contributed by atoms with Gasteiger partial charge in [-0.05, 0) is 25.0 Å². The topological polar surface area (TPSA) is 128 Å². The van der Waals surface area contributed by atoms with Gasteiger partial charge >= 0.3 is 18.0 Å². The number of nitrogens with zero attached hydrogens (tertiary/aromatic N) is 5. The van der Waals surface area contributed by atoms with Crippen LogP contribution in [-0.4, -0.2) is 101 Å². The van der Waals surface area contributed by atoms with Gasteiger partial charge in [-0.1, -0.05) is 24.1 Å². The number of hydrogen-bond acceptors (Lipinski definition) is 9. The molecule has 11 nitrogen and oxygen atoms in total. The van der Waals surface area contributed by atoms with E-state index in [1.54, 1.807) is 11.1 Å². The molecule has 0 bridgehead atoms. The van der Waals surface area contributed by atoms with Crippen LogP contribution in [0.5, 0.6) is 0 Å². The second kappa shape index (κ2) is 11.6. The molecule has 1 aliphatic carbocycles. The molecule has 222 valence electrons. The summed E-state index contributed by atoms with van der Waals surface area (Å²) in [5, 5.41) is 15.5. The summed E-state index contributed by atoms with van der Waals surface area (Å²) in [5.74, 6) is -2.03. The summed E-state index contributed by atoms with van der Waals surface area (Å²) in [6.07, 6.45) is 3.72. The highest BCUT2D eigenvalue weighted by atomic mass is 35.5. The summed E-state index contributed by atoms with van der Waals surface area (Å²) in [4.78, 5) is 53.2. The number of aliphatic imine (C=N–C) groups is 1. The minimum Gasteiger partial charge on any atom is -0.481 e. The van der Waals surface area contributed by atoms with E-state index < -0.39 is 29.7 Å². The molecule has 42 heavy (non-hydrogen) atoms. The first-order valence-corrected chi connectivity index (χ1v) is 15.0. The number of amides is 2. The van der Waals surface area contributed by atoms with E-state index in [-0.39, 0.29) is 28.7 Å². The lowest BCUT2D eigenvalue weighted by molar-refractivity contribution is -0.143. The first-order valence-electron chi connectivity index (χ1n) is 13.8. The van der Waals surface area contributed by atoms with Crippen molar-refractivity contribution < 1.29 is 28.6 Å². The number of fused-ring (bicyclic) bond motifs is 1. The number of hydrogen-bond donors (Lipinski definition) is 2. The summed E-state index contributed by atoms with van der Waals surface area (Å²) in [6, 6.07) is 2.61. The van der Waals surface area contributed by atoms with Gasteiger partial charge in [-0.25, -0.2) is 19.0 Å². The fourth-order valence-electron chi connectivity index (χ4n) is 6.51. The summed E-state index contributed by atoms with van der Waals surface area (Å²) in [7, 11) is 1.29. The molecule has 1 aromatic carbocycles. The lowest BCUT2D eigenvalue weighted by Crippen LogP contribution is -2.53. The number of thiazole rings is 1. The first-order chi connectivity index (χ1) is 20.2. The van der Waals surface area contributed by atoms with Gasteiger partial charge in [-0.15, -0.1) is 11.3 Å². The van der Waals surface area contributed by atoms with Crippen LogP contribution < -0.4 is 5.32 Å². The third-order valence-electron chi connectivity index (χ3n) is 8.47. The Hall–Kier alpha value is -3.55. The number of rotatable bonds is 7. The largest absolute Gasteiger partial charge is 0.481 e. The summed E-state index contributed by atoms with van der Waals surface area (Å²) < 4.78 is 19.1. The molecule has 1 unspecified atom stereocenters. The number of piperazine rings is 1. The lowest BCUT2D eigenvalue weighted by Gasteiger charge is -2.38. The molecule has 2 amide bonds. The van der Waals surface area contributed by atoms with Gasteiger partial charge in [0.05, 0.1) is 24.6 Å². The van der Waals surface area contributed by atoms with Crippen LogP contribution in [-0.2, 0) is 14.3 Å². The Kier molecular flexibility index (Phi) is 7.90. The minimum absolute atomic E-state index is 0.104. The van der Waals surface area contributed by atoms with Crippen molar-refractivity contribution in [1.82, 2.24) is 25.0 Å². The summed E-state index contributed by atoms with van der Waals surface area (Å²) >= 11 is 7.84. The van der Waals surface area contributed by atoms with Crippen molar-refractivity contribution in [1.29, 1.82) is 0 Å². The van der Waals surface area contributed by atoms with Gasteiger partial charge in [0.25, 0.3) is 0 Å². The van der Waals surface area contributed by atoms with Crippen LogP contribution in [0.1, 0.15) is 35.9 Å². The number of ether oxygens (including phenoxy) is 1. The average Bonchev–Trinajstić information content (AvgIpc) is 3.73. The van der Waals surface area contributed by atoms with Crippen molar-refractivity contribution in [2.75, 3.05) is 39.8 Å². The van der Waals surface area contributed by atoms with E-state index >= 15 is 0 Å². The van der Waals surface area contributed by atoms with E-state index in [0.717, 1.165) is 6.42 Å². The summed E-state index contributed by atoms with van der Waals surface area (Å²) in [6.45, 7) is 2.35. The Balaban J connectivity index is 1.28. The average molecular weight is 617 g/mol. The van der Waals surface area contributed by atoms with Crippen molar-refractivity contribution in [3.8, 4) is 0 Å². The van der Waals surface area contributed by atoms with Crippen LogP contribution in [0, 0.1) is 11.7 Å². The molecule has 4 aliphatic rings. The number of aliphatic carboxylic acids is 1. The smallest absolute Gasteiger partial charge is 0.338 e. The highest BCUT2D eigenvalue weighted by molar-refractivity contribution is 7.11. The maximum Gasteiger partial charge on any atom is 0.338 e. The number of halogens is 2. The second-order valence-corrected chi connectivity index (χ2v) is 12.2. The van der Waals surface area contributed by atoms with Crippen LogP contribution in [0.4, 0.5) is 9.18 Å². The molecule has 1 saturated carbocycles. The third-order valence-corrected chi connectivity index (χ3v) is 9.57. The molecule has 0 radical (unpaired) electrons. The number of methoxy groups -OCH3 is 1. The van der Waals surface area contributed by atoms with Crippen molar-refractivity contribution >= 4 is 46.7 Å². The van der Waals surface area contributed by atoms with E-state index in [1.807, 2.05) is 10.3 Å². The van der Waals surface area contributed by atoms with E-state index in [9.17, 15) is 23.9 Å². The fourth-order valence-corrected chi connectivity index (χ4v) is 7.37. The molecule has 1 aromatic heterocycles. The van der Waals surface area contributed by atoms with Gasteiger partial charge in [-0.2, -0.15) is 0 Å². The number of amidine groups is 1. The Morgan fingerprint density at radius 2 is 2.07 bits per heavy atom. The molecule has 6 rings (SSSR count). The molecule has 4 atom stereocenters. The molecular formula is C28H30ClFN6O5S. The SMILES string of the molecule is COC(=O)C1=C(CN2CCN3C(=O)N(C4CCC[C@H]4C(=O)O)C[C@@H]3C2)NC(c2nccs2)=N[C@H]1c1ccc(F)cc1Cl. The number of nitrogens with one attached hydrogen (secondary N) is 1. The van der Waals surface area contributed by atoms with Crippen molar-refractivity contribution in [2.45, 2.75) is 37.4 Å². The van der Waals surface area contributed by atoms with Crippen molar-refractivity contribution in [2.24, 2.45) is 10.9 Å². The van der Waals surface area contributed by atoms with Crippen molar-refractivity contribution in [3.63, 3.8) is 0 Å². The highest BCUT2D eigenvalue weighted by Gasteiger charge is 2.48. The number of carboxylic acids is 1. The molecule has 3 aliphatic heterocycles. The zero-order valence-electron chi connectivity index (χ0n) is 22.8. The predicted octanol–water partition coefficient (Wildman–Crippen LogP) is 3.13. The number of esters is 1. The lowest BCUT2D eigenvalue weighted by atomic mass is 9.95. The van der Waals surface area contributed by atoms with Gasteiger partial charge < -0.3 is 25.0 Å². The quantitative estimate of drug-likeness (QED) is 0.454. The number of urea groups is 1. The molecule has 2 N–H and O–H groups in total. The Labute approximate surface area is 250 Å². The maximum atomic E-state index is 13.9. The standard InChI is InChI=1S/C28H30ClFN6O5S/c1-41-27(39)22-20(32-24(25-31-7-10-42-25)33-23(22)17-6-5-15(30)11-19(17)29)14-34-8-9-35-16(12-34)13-36(28(35)40)21-4-2-3-18(21)26(37)38/h5-7,10-11,16,18,21,23H,2-4,8-9,12-14H2,1H3,(H,32,33)(H,37,38)/t16-,18+,21?,23-/m0/s1. The minimum atomic E-state index is -0.860. The van der Waals surface area contributed by atoms with Gasteiger partial charge in [0.2, 0.25) is 0 Å². The molecular weight excluding hydrogens is 587 g/mol. The van der Waals surface area contributed by atoms with Gasteiger partial charge in [0, 0.05) is 66.6 Å². The van der Waals surface area contributed by atoms with Crippen LogP contribution in [0.25, 0.3) is 0 Å². The molecule has 2 aromatic rings. The Morgan fingerprint density at radius 3 is 2.79 bits per heavy atom. The second-order valence-electron chi connectivity index (χ2n) is 10.9. The number of carboxylic acid groups (broad SMARTS) is 1. The monoisotopic (exact) mass is 616 g/mol. The first kappa shape index (κ1) is 28.6. The molecule has 0 spiro atoms. The van der Waals surface area contributed by atoms with Crippen molar-refractivity contribution in [3.05, 3.63) is 62.5 Å². The molecule has 2 saturated heterocycles. The number of benzene rings is 1. The zero-order valence-corrected chi connectivity index (χ0v) is 24.4. The van der Waals surface area contributed by atoms with Crippen LogP contribution in [0.15, 0.2) is 46.0 Å². The van der Waals surface area contributed by atoms with E-state index in [2.05, 4.69) is 15.2 Å². The van der Waals surface area contributed by atoms with E-state index in [4.69, 9.17) is 21.3 Å². The van der Waals surface area contributed by atoms with Gasteiger partial charge in [0.1, 0.15) is 11.9 Å².